The molecule has 65 heavy (non-hydrogen) atoms. The van der Waals surface area contributed by atoms with E-state index in [4.69, 9.17) is 21.4 Å². The number of nitrogens with two attached hydrogens (primary N) is 2. The van der Waals surface area contributed by atoms with Gasteiger partial charge in [-0.2, -0.15) is 0 Å². The summed E-state index contributed by atoms with van der Waals surface area (Å²) in [5.41, 5.74) is 19.8. The first-order valence-corrected chi connectivity index (χ1v) is 25.9. The highest BCUT2D eigenvalue weighted by Gasteiger charge is 2.19. The molecule has 8 aromatic rings. The van der Waals surface area contributed by atoms with Gasteiger partial charge < -0.3 is 20.6 Å². The van der Waals surface area contributed by atoms with E-state index in [-0.39, 0.29) is 4.90 Å². The van der Waals surface area contributed by atoms with Crippen molar-refractivity contribution in [2.24, 2.45) is 0 Å². The second-order valence-corrected chi connectivity index (χ2v) is 20.0. The molecule has 0 spiro atoms. The molecule has 8 rings (SSSR count). The van der Waals surface area contributed by atoms with Crippen molar-refractivity contribution >= 4 is 75.6 Å². The zero-order valence-corrected chi connectivity index (χ0v) is 39.1. The Bertz CT molecular complexity index is 3100. The SMILES string of the molecule is CCCCc1nc2c(N)nc3ccccc3c2n1CCCCNS(=O)(=O)c1ccc(-c2ccccc2)cc1.CCCCc1nc2c(N)nc3ccccc3c2n1CCCCNS(C)(=O)=O. The minimum Gasteiger partial charge on any atom is -0.382 e. The molecule has 0 aliphatic rings. The summed E-state index contributed by atoms with van der Waals surface area (Å²) < 4.78 is 57.9. The van der Waals surface area contributed by atoms with Gasteiger partial charge in [-0.25, -0.2) is 46.2 Å². The molecule has 0 fully saturated rings. The van der Waals surface area contributed by atoms with Crippen LogP contribution in [0.5, 0.6) is 0 Å². The van der Waals surface area contributed by atoms with Gasteiger partial charge in [-0.3, -0.25) is 0 Å². The number of imidazole rings is 2. The Kier molecular flexibility index (Phi) is 15.5. The number of unbranched alkanes of at least 4 members (excludes halogenated alkanes) is 4. The number of hydrogen-bond donors (Lipinski definition) is 4. The van der Waals surface area contributed by atoms with Crippen molar-refractivity contribution in [2.75, 3.05) is 30.8 Å². The van der Waals surface area contributed by atoms with Crippen molar-refractivity contribution in [3.63, 3.8) is 0 Å². The van der Waals surface area contributed by atoms with E-state index in [0.29, 0.717) is 31.1 Å². The van der Waals surface area contributed by atoms with E-state index in [0.717, 1.165) is 138 Å². The third kappa shape index (κ3) is 11.5. The number of rotatable bonds is 20. The van der Waals surface area contributed by atoms with Crippen molar-refractivity contribution in [3.05, 3.63) is 115 Å². The average molecular weight is 917 g/mol. The Hall–Kier alpha value is -5.94. The third-order valence-corrected chi connectivity index (χ3v) is 13.6. The maximum absolute atomic E-state index is 12.9. The molecule has 0 aliphatic carbocycles. The van der Waals surface area contributed by atoms with Gasteiger partial charge in [0.2, 0.25) is 20.0 Å². The average Bonchev–Trinajstić information content (AvgIpc) is 3.87. The molecule has 0 bridgehead atoms. The quantitative estimate of drug-likeness (QED) is 0.0535. The predicted octanol–water partition coefficient (Wildman–Crippen LogP) is 8.77. The van der Waals surface area contributed by atoms with Gasteiger partial charge in [-0.15, -0.1) is 0 Å². The lowest BCUT2D eigenvalue weighted by Crippen LogP contribution is -2.25. The van der Waals surface area contributed by atoms with Gasteiger partial charge in [0.05, 0.1) is 33.2 Å². The van der Waals surface area contributed by atoms with Crippen molar-refractivity contribution in [3.8, 4) is 11.1 Å². The molecule has 0 unspecified atom stereocenters. The van der Waals surface area contributed by atoms with Crippen LogP contribution >= 0.6 is 0 Å². The van der Waals surface area contributed by atoms with Gasteiger partial charge in [-0.05, 0) is 73.9 Å². The van der Waals surface area contributed by atoms with Crippen LogP contribution in [0.15, 0.2) is 108 Å². The van der Waals surface area contributed by atoms with Gasteiger partial charge in [0, 0.05) is 49.8 Å². The Balaban J connectivity index is 0.000000206. The van der Waals surface area contributed by atoms with E-state index in [2.05, 4.69) is 54.5 Å². The number of hydrogen-bond acceptors (Lipinski definition) is 10. The second kappa shape index (κ2) is 21.4. The first kappa shape index (κ1) is 47.0. The Morgan fingerprint density at radius 1 is 0.523 bits per heavy atom. The lowest BCUT2D eigenvalue weighted by Gasteiger charge is -2.12. The number of sulfonamides is 2. The number of fused-ring (bicyclic) bond motifs is 6. The molecule has 4 aromatic carbocycles. The van der Waals surface area contributed by atoms with E-state index in [1.165, 1.54) is 6.26 Å². The largest absolute Gasteiger partial charge is 0.382 e. The van der Waals surface area contributed by atoms with Crippen molar-refractivity contribution in [2.45, 2.75) is 96.0 Å². The Morgan fingerprint density at radius 3 is 1.45 bits per heavy atom. The molecule has 4 heterocycles. The van der Waals surface area contributed by atoms with Crippen LogP contribution in [0.2, 0.25) is 0 Å². The van der Waals surface area contributed by atoms with Crippen molar-refractivity contribution in [1.82, 2.24) is 38.5 Å². The van der Waals surface area contributed by atoms with Gasteiger partial charge in [0.15, 0.2) is 11.6 Å². The molecule has 342 valence electrons. The van der Waals surface area contributed by atoms with Crippen LogP contribution in [0.1, 0.15) is 76.9 Å². The topological polar surface area (TPSA) is 206 Å². The smallest absolute Gasteiger partial charge is 0.240 e. The number of aromatic nitrogens is 6. The van der Waals surface area contributed by atoms with E-state index >= 15 is 0 Å². The molecule has 0 amide bonds. The number of para-hydroxylation sites is 2. The zero-order valence-electron chi connectivity index (χ0n) is 37.5. The molecular formula is C49H60N10O4S2. The summed E-state index contributed by atoms with van der Waals surface area (Å²) in [4.78, 5) is 19.0. The number of aryl methyl sites for hydroxylation is 4. The molecule has 0 radical (unpaired) electrons. The molecule has 0 saturated heterocycles. The van der Waals surface area contributed by atoms with Crippen LogP contribution in [-0.2, 0) is 46.0 Å². The summed E-state index contributed by atoms with van der Waals surface area (Å²) in [6.45, 7) is 6.64. The summed E-state index contributed by atoms with van der Waals surface area (Å²) in [5, 5.41) is 2.08. The highest BCUT2D eigenvalue weighted by atomic mass is 32.2. The summed E-state index contributed by atoms with van der Waals surface area (Å²) in [6, 6.07) is 32.9. The monoisotopic (exact) mass is 916 g/mol. The minimum absolute atomic E-state index is 0.272. The fraction of sp³-hybridized carbons (Fsp3) is 0.347. The first-order chi connectivity index (χ1) is 31.4. The molecule has 0 saturated carbocycles. The number of anilines is 2. The maximum atomic E-state index is 12.9. The Labute approximate surface area is 382 Å². The molecule has 16 heteroatoms. The molecule has 0 atom stereocenters. The number of benzene rings is 4. The maximum Gasteiger partial charge on any atom is 0.240 e. The van der Waals surface area contributed by atoms with Gasteiger partial charge in [0.25, 0.3) is 0 Å². The lowest BCUT2D eigenvalue weighted by atomic mass is 10.1. The molecule has 6 N–H and O–H groups in total. The minimum atomic E-state index is -3.58. The van der Waals surface area contributed by atoms with Gasteiger partial charge in [0.1, 0.15) is 22.7 Å². The fourth-order valence-corrected chi connectivity index (χ4v) is 9.73. The summed E-state index contributed by atoms with van der Waals surface area (Å²) in [6.07, 6.45) is 10.3. The van der Waals surface area contributed by atoms with E-state index in [1.54, 1.807) is 12.1 Å². The molecule has 4 aromatic heterocycles. The number of pyridine rings is 2. The van der Waals surface area contributed by atoms with E-state index in [9.17, 15) is 16.8 Å². The highest BCUT2D eigenvalue weighted by Crippen LogP contribution is 2.31. The first-order valence-electron chi connectivity index (χ1n) is 22.5. The highest BCUT2D eigenvalue weighted by molar-refractivity contribution is 7.89. The normalized spacial score (nSPS) is 12.0. The van der Waals surface area contributed by atoms with Crippen LogP contribution in [0.25, 0.3) is 55.0 Å². The summed E-state index contributed by atoms with van der Waals surface area (Å²) in [5.74, 6) is 2.93. The number of nitrogen functional groups attached to an aromatic ring is 2. The zero-order chi connectivity index (χ0) is 46.0. The number of nitrogens with one attached hydrogen (secondary N) is 2. The molecule has 14 nitrogen and oxygen atoms in total. The van der Waals surface area contributed by atoms with E-state index in [1.807, 2.05) is 78.9 Å². The third-order valence-electron chi connectivity index (χ3n) is 11.4. The predicted molar refractivity (Wildman–Crippen MR) is 264 cm³/mol. The van der Waals surface area contributed by atoms with Crippen LogP contribution in [-0.4, -0.2) is 65.3 Å². The molecule has 0 aliphatic heterocycles. The van der Waals surface area contributed by atoms with Crippen LogP contribution in [0.3, 0.4) is 0 Å². The van der Waals surface area contributed by atoms with Crippen LogP contribution < -0.4 is 20.9 Å². The summed E-state index contributed by atoms with van der Waals surface area (Å²) in [7, 11) is -6.72. The molecular weight excluding hydrogens is 857 g/mol. The van der Waals surface area contributed by atoms with Crippen LogP contribution in [0.4, 0.5) is 11.6 Å². The van der Waals surface area contributed by atoms with Crippen LogP contribution in [0, 0.1) is 0 Å². The van der Waals surface area contributed by atoms with Crippen molar-refractivity contribution in [1.29, 1.82) is 0 Å². The Morgan fingerprint density at radius 2 is 0.969 bits per heavy atom. The summed E-state index contributed by atoms with van der Waals surface area (Å²) >= 11 is 0. The van der Waals surface area contributed by atoms with Crippen molar-refractivity contribution < 1.29 is 16.8 Å². The van der Waals surface area contributed by atoms with Gasteiger partial charge in [-0.1, -0.05) is 106 Å². The lowest BCUT2D eigenvalue weighted by molar-refractivity contribution is 0.561. The second-order valence-electron chi connectivity index (χ2n) is 16.4. The van der Waals surface area contributed by atoms with Gasteiger partial charge >= 0.3 is 0 Å². The number of nitrogens with zero attached hydrogens (tertiary/aromatic N) is 6. The van der Waals surface area contributed by atoms with E-state index < -0.39 is 20.0 Å². The standard InChI is InChI=1S/C30H33N5O2S.C19H27N5O2S/c1-2-3-15-27-34-28-29(25-13-7-8-14-26(25)33-30(28)31)35(27)21-10-9-20-32-38(36,37)24-18-16-23(17-19-24)22-11-5-4-6-12-22;1-3-4-11-16-23-17-18(14-9-5-6-10-15(14)22-19(17)20)24(16)13-8-7-12-21-27(2,25)26/h4-8,11-14,16-19,32H,2-3,9-10,15,20-21H2,1H3,(H2,31,33);5-6,9-10,21H,3-4,7-8,11-13H2,1-2H3,(H2,20,22). The fourth-order valence-electron chi connectivity index (χ4n) is 8.14.